The molecule has 0 aromatic heterocycles. The molecule has 0 bridgehead atoms. The highest BCUT2D eigenvalue weighted by Gasteiger charge is 2.25. The van der Waals surface area contributed by atoms with Crippen LogP contribution in [0.2, 0.25) is 0 Å². The predicted octanol–water partition coefficient (Wildman–Crippen LogP) is 0.896. The third-order valence-electron chi connectivity index (χ3n) is 9.04. The second-order valence-corrected chi connectivity index (χ2v) is 12.5. The number of nitrogens with zero attached hydrogens (tertiary/aromatic N) is 8. The second-order valence-electron chi connectivity index (χ2n) is 12.5. The van der Waals surface area contributed by atoms with Crippen LogP contribution in [0.4, 0.5) is 28.8 Å². The molecule has 22 heteroatoms. The molecule has 0 aliphatic carbocycles. The van der Waals surface area contributed by atoms with Gasteiger partial charge in [0.1, 0.15) is 0 Å². The van der Waals surface area contributed by atoms with Crippen molar-refractivity contribution in [2.24, 2.45) is 0 Å². The number of rotatable bonds is 5. The van der Waals surface area contributed by atoms with Crippen molar-refractivity contribution in [1.29, 1.82) is 0 Å². The van der Waals surface area contributed by atoms with Crippen LogP contribution in [0.1, 0.15) is 21.5 Å². The Bertz CT molecular complexity index is 1340. The molecular formula is C31H46N8O14. The summed E-state index contributed by atoms with van der Waals surface area (Å²) in [6, 6.07) is 4.57. The molecule has 294 valence electrons. The van der Waals surface area contributed by atoms with Gasteiger partial charge in [0.05, 0.1) is 5.56 Å². The van der Waals surface area contributed by atoms with E-state index < -0.39 is 42.5 Å². The van der Waals surface area contributed by atoms with Crippen molar-refractivity contribution >= 4 is 42.5 Å². The van der Waals surface area contributed by atoms with Gasteiger partial charge in [-0.25, -0.2) is 33.6 Å². The van der Waals surface area contributed by atoms with Gasteiger partial charge in [0.25, 0.3) is 0 Å². The average Bonchev–Trinajstić information content (AvgIpc) is 3.06. The van der Waals surface area contributed by atoms with Gasteiger partial charge in [0, 0.05) is 118 Å². The number of amides is 6. The largest absolute Gasteiger partial charge is 0.478 e. The van der Waals surface area contributed by atoms with Crippen molar-refractivity contribution < 1.29 is 69.3 Å². The van der Waals surface area contributed by atoms with Crippen molar-refractivity contribution in [3.8, 4) is 0 Å². The molecular weight excluding hydrogens is 708 g/mol. The number of carboxylic acids is 1. The first-order chi connectivity index (χ1) is 25.0. The lowest BCUT2D eigenvalue weighted by atomic mass is 10.0. The van der Waals surface area contributed by atoms with E-state index in [0.717, 1.165) is 29.4 Å². The Morgan fingerprint density at radius 3 is 0.755 bits per heavy atom. The van der Waals surface area contributed by atoms with E-state index in [4.69, 9.17) is 0 Å². The van der Waals surface area contributed by atoms with E-state index in [2.05, 4.69) is 0 Å². The topological polar surface area (TPSA) is 287 Å². The summed E-state index contributed by atoms with van der Waals surface area (Å²) in [5.74, 6) is -1.25. The van der Waals surface area contributed by atoms with Gasteiger partial charge < -0.3 is 65.1 Å². The fraction of sp³-hybridized carbons (Fsp3) is 0.581. The molecule has 7 N–H and O–H groups in total. The number of carboxylic acid groups (broad SMARTS) is 7. The standard InChI is InChI=1S/C31H46N8O14/c40-25(41)24-18-22(20-32-1-5-34(26(42)43)9-13-38(30(50)51)14-10-35(6-2-32)27(44)45)17-23(19-24)21-33-3-7-36(28(46)47)11-15-39(31(52)53)16-12-37(8-4-33)29(48)49/h17-19H,1-16,20-21H2,(H,40,41)(H,42,43)(H,44,45)(H,46,47)(H,48,49)(H,50,51)(H,52,53). The number of hydrogen-bond donors (Lipinski definition) is 7. The number of carbonyl (C=O) groups is 7. The fourth-order valence-corrected chi connectivity index (χ4v) is 5.96. The maximum Gasteiger partial charge on any atom is 0.407 e. The molecule has 2 aliphatic rings. The molecule has 3 rings (SSSR count). The first-order valence-corrected chi connectivity index (χ1v) is 16.7. The quantitative estimate of drug-likeness (QED) is 0.220. The smallest absolute Gasteiger partial charge is 0.407 e. The highest BCUT2D eigenvalue weighted by Crippen LogP contribution is 2.17. The van der Waals surface area contributed by atoms with Crippen LogP contribution in [0.5, 0.6) is 0 Å². The van der Waals surface area contributed by atoms with Gasteiger partial charge in [0.2, 0.25) is 0 Å². The van der Waals surface area contributed by atoms with E-state index in [0.29, 0.717) is 11.1 Å². The maximum absolute atomic E-state index is 12.2. The zero-order chi connectivity index (χ0) is 39.2. The normalized spacial score (nSPS) is 18.2. The monoisotopic (exact) mass is 754 g/mol. The van der Waals surface area contributed by atoms with Gasteiger partial charge in [-0.2, -0.15) is 0 Å². The summed E-state index contributed by atoms with van der Waals surface area (Å²) in [6.45, 7) is -1.01. The van der Waals surface area contributed by atoms with Crippen LogP contribution >= 0.6 is 0 Å². The molecule has 2 heterocycles. The molecule has 6 amide bonds. The minimum absolute atomic E-state index is 0.0561. The van der Waals surface area contributed by atoms with Crippen LogP contribution in [0.3, 0.4) is 0 Å². The van der Waals surface area contributed by atoms with Crippen LogP contribution in [0.25, 0.3) is 0 Å². The Labute approximate surface area is 303 Å². The molecule has 2 fully saturated rings. The highest BCUT2D eigenvalue weighted by molar-refractivity contribution is 5.88. The molecule has 0 unspecified atom stereocenters. The lowest BCUT2D eigenvalue weighted by Crippen LogP contribution is -2.49. The van der Waals surface area contributed by atoms with Crippen LogP contribution in [-0.2, 0) is 13.1 Å². The Morgan fingerprint density at radius 1 is 0.358 bits per heavy atom. The van der Waals surface area contributed by atoms with Gasteiger partial charge in [-0.3, -0.25) is 9.80 Å². The summed E-state index contributed by atoms with van der Waals surface area (Å²) in [5, 5.41) is 68.1. The van der Waals surface area contributed by atoms with Crippen molar-refractivity contribution in [3.63, 3.8) is 0 Å². The molecule has 53 heavy (non-hydrogen) atoms. The summed E-state index contributed by atoms with van der Waals surface area (Å²) >= 11 is 0. The molecule has 0 saturated carbocycles. The third-order valence-corrected chi connectivity index (χ3v) is 9.04. The third kappa shape index (κ3) is 13.4. The van der Waals surface area contributed by atoms with E-state index in [9.17, 15) is 69.3 Å². The van der Waals surface area contributed by atoms with E-state index in [1.54, 1.807) is 15.9 Å². The Balaban J connectivity index is 1.88. The zero-order valence-corrected chi connectivity index (χ0v) is 29.0. The molecule has 2 saturated heterocycles. The van der Waals surface area contributed by atoms with Gasteiger partial charge in [-0.05, 0) is 23.3 Å². The van der Waals surface area contributed by atoms with Gasteiger partial charge >= 0.3 is 42.5 Å². The van der Waals surface area contributed by atoms with Crippen LogP contribution in [-0.4, -0.2) is 222 Å². The van der Waals surface area contributed by atoms with E-state index >= 15 is 0 Å². The van der Waals surface area contributed by atoms with Crippen molar-refractivity contribution in [2.45, 2.75) is 13.1 Å². The van der Waals surface area contributed by atoms with Crippen molar-refractivity contribution in [3.05, 3.63) is 34.9 Å². The first-order valence-electron chi connectivity index (χ1n) is 16.7. The Kier molecular flexibility index (Phi) is 15.5. The van der Waals surface area contributed by atoms with Gasteiger partial charge in [-0.1, -0.05) is 6.07 Å². The van der Waals surface area contributed by atoms with E-state index in [1.165, 1.54) is 12.1 Å². The van der Waals surface area contributed by atoms with E-state index in [-0.39, 0.29) is 123 Å². The Morgan fingerprint density at radius 2 is 0.566 bits per heavy atom. The Hall–Kier alpha value is -5.77. The number of aromatic carboxylic acids is 1. The molecule has 0 atom stereocenters. The molecule has 22 nitrogen and oxygen atoms in total. The molecule has 0 radical (unpaired) electrons. The second kappa shape index (κ2) is 19.7. The van der Waals surface area contributed by atoms with Crippen LogP contribution in [0, 0.1) is 0 Å². The summed E-state index contributed by atoms with van der Waals surface area (Å²) in [6.07, 6.45) is -7.73. The lowest BCUT2D eigenvalue weighted by molar-refractivity contribution is 0.0695. The summed E-state index contributed by atoms with van der Waals surface area (Å²) in [7, 11) is 0. The van der Waals surface area contributed by atoms with Gasteiger partial charge in [0.15, 0.2) is 0 Å². The highest BCUT2D eigenvalue weighted by atomic mass is 16.4. The SMILES string of the molecule is O=C(O)c1cc(CN2CCN(C(=O)O)CCN(C(=O)O)CCN(C(=O)O)CC2)cc(CN2CCN(C(=O)O)CCN(C(=O)O)CCN(C(=O)O)CC2)c1. The maximum atomic E-state index is 12.2. The van der Waals surface area contributed by atoms with Crippen LogP contribution < -0.4 is 0 Å². The molecule has 1 aromatic carbocycles. The number of benzene rings is 1. The summed E-state index contributed by atoms with van der Waals surface area (Å²) < 4.78 is 0. The van der Waals surface area contributed by atoms with E-state index in [1.807, 2.05) is 0 Å². The average molecular weight is 755 g/mol. The summed E-state index contributed by atoms with van der Waals surface area (Å²) in [5.41, 5.74) is 0.910. The summed E-state index contributed by atoms with van der Waals surface area (Å²) in [4.78, 5) is 93.1. The number of hydrogen-bond acceptors (Lipinski definition) is 9. The molecule has 0 spiro atoms. The van der Waals surface area contributed by atoms with Crippen molar-refractivity contribution in [2.75, 3.05) is 105 Å². The fourth-order valence-electron chi connectivity index (χ4n) is 5.96. The predicted molar refractivity (Wildman–Crippen MR) is 182 cm³/mol. The minimum atomic E-state index is -1.31. The van der Waals surface area contributed by atoms with Crippen molar-refractivity contribution in [1.82, 2.24) is 39.2 Å². The van der Waals surface area contributed by atoms with Crippen LogP contribution in [0.15, 0.2) is 18.2 Å². The van der Waals surface area contributed by atoms with Gasteiger partial charge in [-0.15, -0.1) is 0 Å². The molecule has 1 aromatic rings. The molecule has 2 aliphatic heterocycles. The lowest BCUT2D eigenvalue weighted by Gasteiger charge is -2.32. The minimum Gasteiger partial charge on any atom is -0.478 e. The first kappa shape index (κ1) is 41.6. The zero-order valence-electron chi connectivity index (χ0n) is 29.0.